The van der Waals surface area contributed by atoms with Crippen LogP contribution in [0.25, 0.3) is 11.4 Å². The van der Waals surface area contributed by atoms with Crippen molar-refractivity contribution in [3.63, 3.8) is 0 Å². The number of rotatable bonds is 2. The number of pyridine rings is 1. The van der Waals surface area contributed by atoms with Crippen molar-refractivity contribution in [1.29, 1.82) is 5.26 Å². The highest BCUT2D eigenvalue weighted by Crippen LogP contribution is 2.33. The first kappa shape index (κ1) is 14.2. The molecule has 0 radical (unpaired) electrons. The number of hydrogen-bond donors (Lipinski definition) is 0. The third kappa shape index (κ3) is 2.02. The number of nitriles is 1. The molecule has 1 unspecified atom stereocenters. The summed E-state index contributed by atoms with van der Waals surface area (Å²) in [6, 6.07) is 3.84. The molecular weight excluding hydrogens is 296 g/mol. The Morgan fingerprint density at radius 2 is 2.35 bits per heavy atom. The van der Waals surface area contributed by atoms with Gasteiger partial charge in [-0.15, -0.1) is 0 Å². The highest BCUT2D eigenvalue weighted by molar-refractivity contribution is 5.59. The molecule has 0 saturated carbocycles. The van der Waals surface area contributed by atoms with E-state index >= 15 is 0 Å². The predicted molar refractivity (Wildman–Crippen MR) is 79.8 cm³/mol. The monoisotopic (exact) mass is 312 g/mol. The molecular formula is C16H16N4O3. The number of fused-ring (bicyclic) bond motifs is 1. The molecule has 0 bridgehead atoms. The van der Waals surface area contributed by atoms with Crippen LogP contribution in [0.5, 0.6) is 0 Å². The molecule has 1 fully saturated rings. The van der Waals surface area contributed by atoms with E-state index in [1.165, 1.54) is 0 Å². The molecule has 7 heteroatoms. The van der Waals surface area contributed by atoms with Crippen LogP contribution in [0.15, 0.2) is 15.4 Å². The lowest BCUT2D eigenvalue weighted by molar-refractivity contribution is 0.178. The summed E-state index contributed by atoms with van der Waals surface area (Å²) >= 11 is 0. The average molecular weight is 312 g/mol. The molecule has 4 rings (SSSR count). The van der Waals surface area contributed by atoms with Crippen LogP contribution < -0.4 is 5.43 Å². The first-order valence-electron chi connectivity index (χ1n) is 7.71. The molecule has 7 nitrogen and oxygen atoms in total. The van der Waals surface area contributed by atoms with Crippen LogP contribution in [-0.4, -0.2) is 27.9 Å². The van der Waals surface area contributed by atoms with Crippen molar-refractivity contribution in [2.45, 2.75) is 38.1 Å². The largest absolute Gasteiger partial charge is 0.379 e. The lowest BCUT2D eigenvalue weighted by atomic mass is 9.89. The van der Waals surface area contributed by atoms with Gasteiger partial charge in [-0.25, -0.2) is 0 Å². The van der Waals surface area contributed by atoms with Crippen LogP contribution in [0.4, 0.5) is 0 Å². The van der Waals surface area contributed by atoms with Gasteiger partial charge in [-0.1, -0.05) is 5.16 Å². The van der Waals surface area contributed by atoms with E-state index in [-0.39, 0.29) is 23.8 Å². The third-order valence-electron chi connectivity index (χ3n) is 4.72. The van der Waals surface area contributed by atoms with Crippen molar-refractivity contribution in [1.82, 2.24) is 14.7 Å². The number of ether oxygens (including phenoxy) is 1. The Morgan fingerprint density at radius 1 is 1.48 bits per heavy atom. The van der Waals surface area contributed by atoms with Gasteiger partial charge in [0.25, 0.3) is 0 Å². The number of aromatic nitrogens is 3. The van der Waals surface area contributed by atoms with Crippen molar-refractivity contribution in [2.75, 3.05) is 13.2 Å². The normalized spacial score (nSPS) is 23.0. The molecule has 2 aromatic heterocycles. The maximum absolute atomic E-state index is 12.5. The lowest BCUT2D eigenvalue weighted by Gasteiger charge is -2.12. The summed E-state index contributed by atoms with van der Waals surface area (Å²) in [5.74, 6) is 0.515. The molecule has 4 heterocycles. The van der Waals surface area contributed by atoms with Gasteiger partial charge in [0.15, 0.2) is 10.8 Å². The van der Waals surface area contributed by atoms with E-state index in [2.05, 4.69) is 20.8 Å². The molecule has 1 atom stereocenters. The molecule has 0 amide bonds. The SMILES string of the molecule is Cc1cc(=O)c(-c2noc(C3(C#N)CCOC3)n2)c2n1CCC2. The Hall–Kier alpha value is -2.46. The summed E-state index contributed by atoms with van der Waals surface area (Å²) < 4.78 is 12.8. The second-order valence-corrected chi connectivity index (χ2v) is 6.15. The van der Waals surface area contributed by atoms with Gasteiger partial charge in [0.2, 0.25) is 11.7 Å². The molecule has 2 aliphatic rings. The van der Waals surface area contributed by atoms with Crippen LogP contribution >= 0.6 is 0 Å². The molecule has 0 aliphatic carbocycles. The second-order valence-electron chi connectivity index (χ2n) is 6.15. The van der Waals surface area contributed by atoms with Crippen molar-refractivity contribution >= 4 is 0 Å². The van der Waals surface area contributed by atoms with Crippen LogP contribution in [0.3, 0.4) is 0 Å². The van der Waals surface area contributed by atoms with Crippen molar-refractivity contribution in [3.8, 4) is 17.5 Å². The van der Waals surface area contributed by atoms with Gasteiger partial charge in [-0.05, 0) is 19.8 Å². The maximum atomic E-state index is 12.5. The fourth-order valence-electron chi connectivity index (χ4n) is 3.43. The van der Waals surface area contributed by atoms with Crippen molar-refractivity contribution in [3.05, 3.63) is 33.6 Å². The molecule has 118 valence electrons. The summed E-state index contributed by atoms with van der Waals surface area (Å²) in [6.07, 6.45) is 2.34. The molecule has 0 spiro atoms. The average Bonchev–Trinajstić information content (AvgIpc) is 3.28. The van der Waals surface area contributed by atoms with E-state index in [4.69, 9.17) is 9.26 Å². The standard InChI is InChI=1S/C16H16N4O3/c1-10-7-12(21)13(11-3-2-5-20(10)11)14-18-15(23-19-14)16(8-17)4-6-22-9-16/h7H,2-6,9H2,1H3. The zero-order valence-electron chi connectivity index (χ0n) is 12.8. The van der Waals surface area contributed by atoms with Gasteiger partial charge >= 0.3 is 0 Å². The van der Waals surface area contributed by atoms with Crippen LogP contribution in [0, 0.1) is 18.3 Å². The van der Waals surface area contributed by atoms with E-state index < -0.39 is 5.41 Å². The summed E-state index contributed by atoms with van der Waals surface area (Å²) in [4.78, 5) is 16.8. The Kier molecular flexibility index (Phi) is 3.10. The molecule has 23 heavy (non-hydrogen) atoms. The molecule has 2 aromatic rings. The van der Waals surface area contributed by atoms with E-state index in [0.29, 0.717) is 18.6 Å². The van der Waals surface area contributed by atoms with Crippen LogP contribution in [0.1, 0.15) is 30.1 Å². The Labute approximate surface area is 132 Å². The van der Waals surface area contributed by atoms with Crippen LogP contribution in [0.2, 0.25) is 0 Å². The Bertz CT molecular complexity index is 868. The van der Waals surface area contributed by atoms with Gasteiger partial charge < -0.3 is 13.8 Å². The highest BCUT2D eigenvalue weighted by Gasteiger charge is 2.43. The summed E-state index contributed by atoms with van der Waals surface area (Å²) in [6.45, 7) is 3.57. The van der Waals surface area contributed by atoms with E-state index in [1.807, 2.05) is 6.92 Å². The first-order chi connectivity index (χ1) is 11.1. The zero-order valence-corrected chi connectivity index (χ0v) is 12.8. The van der Waals surface area contributed by atoms with Gasteiger partial charge in [0.1, 0.15) is 0 Å². The predicted octanol–water partition coefficient (Wildman–Crippen LogP) is 1.33. The minimum Gasteiger partial charge on any atom is -0.379 e. The topological polar surface area (TPSA) is 93.9 Å². The number of aryl methyl sites for hydroxylation is 1. The van der Waals surface area contributed by atoms with E-state index in [0.717, 1.165) is 30.8 Å². The summed E-state index contributed by atoms with van der Waals surface area (Å²) in [5.41, 5.74) is 1.41. The van der Waals surface area contributed by atoms with Gasteiger partial charge in [-0.3, -0.25) is 4.79 Å². The lowest BCUT2D eigenvalue weighted by Crippen LogP contribution is -2.24. The van der Waals surface area contributed by atoms with Gasteiger partial charge in [0, 0.05) is 37.0 Å². The number of nitrogens with zero attached hydrogens (tertiary/aromatic N) is 4. The molecule has 0 aromatic carbocycles. The van der Waals surface area contributed by atoms with Gasteiger partial charge in [-0.2, -0.15) is 10.2 Å². The van der Waals surface area contributed by atoms with Gasteiger partial charge in [0.05, 0.1) is 18.2 Å². The zero-order chi connectivity index (χ0) is 16.0. The fourth-order valence-corrected chi connectivity index (χ4v) is 3.43. The van der Waals surface area contributed by atoms with Crippen molar-refractivity contribution < 1.29 is 9.26 Å². The van der Waals surface area contributed by atoms with E-state index in [1.54, 1.807) is 6.07 Å². The third-order valence-corrected chi connectivity index (χ3v) is 4.72. The minimum absolute atomic E-state index is 0.100. The minimum atomic E-state index is -0.894. The van der Waals surface area contributed by atoms with Crippen LogP contribution in [-0.2, 0) is 23.1 Å². The fraction of sp³-hybridized carbons (Fsp3) is 0.500. The smallest absolute Gasteiger partial charge is 0.249 e. The van der Waals surface area contributed by atoms with E-state index in [9.17, 15) is 10.1 Å². The molecule has 2 aliphatic heterocycles. The summed E-state index contributed by atoms with van der Waals surface area (Å²) in [7, 11) is 0. The van der Waals surface area contributed by atoms with Crippen molar-refractivity contribution in [2.24, 2.45) is 0 Å². The number of hydrogen-bond acceptors (Lipinski definition) is 6. The molecule has 0 N–H and O–H groups in total. The Balaban J connectivity index is 1.84. The summed E-state index contributed by atoms with van der Waals surface area (Å²) in [5, 5.41) is 13.5. The maximum Gasteiger partial charge on any atom is 0.249 e. The first-order valence-corrected chi connectivity index (χ1v) is 7.71. The quantitative estimate of drug-likeness (QED) is 0.830. The molecule has 1 saturated heterocycles. The Morgan fingerprint density at radius 3 is 3.09 bits per heavy atom. The highest BCUT2D eigenvalue weighted by atomic mass is 16.5. The second kappa shape index (κ2) is 5.03.